The van der Waals surface area contributed by atoms with Crippen LogP contribution in [-0.2, 0) is 9.59 Å². The van der Waals surface area contributed by atoms with Crippen LogP contribution in [0.5, 0.6) is 0 Å². The molecule has 0 aliphatic rings. The molecular weight excluding hydrogens is 352 g/mol. The summed E-state index contributed by atoms with van der Waals surface area (Å²) in [5.41, 5.74) is 1.38. The molecule has 1 aromatic rings. The minimum Gasteiger partial charge on any atom is -0.481 e. The molecule has 156 valence electrons. The molecule has 0 radical (unpaired) electrons. The number of hydrogen-bond acceptors (Lipinski definition) is 2. The normalized spacial score (nSPS) is 12.3. The predicted molar refractivity (Wildman–Crippen MR) is 114 cm³/mol. The van der Waals surface area contributed by atoms with E-state index in [9.17, 15) is 9.59 Å². The zero-order valence-electron chi connectivity index (χ0n) is 17.0. The van der Waals surface area contributed by atoms with E-state index in [-0.39, 0.29) is 12.8 Å². The van der Waals surface area contributed by atoms with Crippen LogP contribution in [0.3, 0.4) is 0 Å². The highest BCUT2D eigenvalue weighted by Crippen LogP contribution is 2.26. The Kier molecular flexibility index (Phi) is 13.6. The monoisotopic (exact) mass is 388 g/mol. The lowest BCUT2D eigenvalue weighted by Crippen LogP contribution is -1.98. The summed E-state index contributed by atoms with van der Waals surface area (Å²) in [6.45, 7) is 0. The van der Waals surface area contributed by atoms with Gasteiger partial charge in [-0.25, -0.2) is 0 Å². The lowest BCUT2D eigenvalue weighted by Gasteiger charge is -2.15. The largest absolute Gasteiger partial charge is 0.481 e. The van der Waals surface area contributed by atoms with E-state index >= 15 is 0 Å². The van der Waals surface area contributed by atoms with Crippen LogP contribution in [0.15, 0.2) is 42.5 Å². The van der Waals surface area contributed by atoms with Crippen LogP contribution >= 0.6 is 0 Å². The van der Waals surface area contributed by atoms with Crippen LogP contribution in [0.25, 0.3) is 0 Å². The number of carboxylic acids is 2. The second-order valence-electron chi connectivity index (χ2n) is 7.51. The van der Waals surface area contributed by atoms with Crippen molar-refractivity contribution in [3.05, 3.63) is 48.0 Å². The van der Waals surface area contributed by atoms with E-state index in [0.29, 0.717) is 5.92 Å². The third-order valence-corrected chi connectivity index (χ3v) is 5.06. The molecule has 2 N–H and O–H groups in total. The molecule has 1 atom stereocenters. The van der Waals surface area contributed by atoms with Gasteiger partial charge >= 0.3 is 11.9 Å². The van der Waals surface area contributed by atoms with Crippen molar-refractivity contribution in [2.75, 3.05) is 0 Å². The lowest BCUT2D eigenvalue weighted by molar-refractivity contribution is -0.138. The van der Waals surface area contributed by atoms with Gasteiger partial charge in [0.2, 0.25) is 0 Å². The standard InChI is InChI=1S/C24H36O4/c25-23(26)19-13-5-3-1-2-4-9-15-21(22-17-11-8-12-18-22)16-10-6-7-14-20-24(27)28/h4,8-9,11-12,17-18,21H,1-3,5-7,10,13-16,19-20H2,(H,25,26)(H,27,28)/b9-4+. The van der Waals surface area contributed by atoms with Crippen LogP contribution in [0, 0.1) is 0 Å². The minimum atomic E-state index is -0.700. The van der Waals surface area contributed by atoms with Crippen molar-refractivity contribution in [3.8, 4) is 0 Å². The topological polar surface area (TPSA) is 74.6 Å². The van der Waals surface area contributed by atoms with Gasteiger partial charge in [-0.15, -0.1) is 0 Å². The molecule has 0 aliphatic heterocycles. The summed E-state index contributed by atoms with van der Waals surface area (Å²) >= 11 is 0. The third kappa shape index (κ3) is 13.1. The van der Waals surface area contributed by atoms with Gasteiger partial charge in [0.15, 0.2) is 0 Å². The first kappa shape index (κ1) is 23.9. The maximum atomic E-state index is 10.6. The average Bonchev–Trinajstić information content (AvgIpc) is 2.67. The first-order valence-corrected chi connectivity index (χ1v) is 10.7. The number of carboxylic acid groups (broad SMARTS) is 2. The zero-order valence-corrected chi connectivity index (χ0v) is 17.0. The Morgan fingerprint density at radius 1 is 0.750 bits per heavy atom. The van der Waals surface area contributed by atoms with Crippen LogP contribution in [-0.4, -0.2) is 22.2 Å². The summed E-state index contributed by atoms with van der Waals surface area (Å²) in [5.74, 6) is -0.879. The number of unbranched alkanes of at least 4 members (excludes halogenated alkanes) is 7. The van der Waals surface area contributed by atoms with Gasteiger partial charge in [-0.3, -0.25) is 9.59 Å². The molecule has 1 unspecified atom stereocenters. The SMILES string of the molecule is O=C(O)CCCCCC/C=C/CC(CCCCCCC(=O)O)c1ccccc1. The summed E-state index contributed by atoms with van der Waals surface area (Å²) in [6.07, 6.45) is 16.3. The lowest BCUT2D eigenvalue weighted by atomic mass is 9.90. The van der Waals surface area contributed by atoms with Gasteiger partial charge in [-0.1, -0.05) is 74.6 Å². The highest BCUT2D eigenvalue weighted by Gasteiger charge is 2.09. The number of rotatable bonds is 17. The molecule has 0 amide bonds. The summed E-state index contributed by atoms with van der Waals surface area (Å²) in [7, 11) is 0. The number of hydrogen-bond donors (Lipinski definition) is 2. The molecule has 0 aliphatic carbocycles. The highest BCUT2D eigenvalue weighted by molar-refractivity contribution is 5.66. The second-order valence-corrected chi connectivity index (χ2v) is 7.51. The van der Waals surface area contributed by atoms with E-state index in [1.165, 1.54) is 5.56 Å². The van der Waals surface area contributed by atoms with Gasteiger partial charge in [0, 0.05) is 12.8 Å². The van der Waals surface area contributed by atoms with Gasteiger partial charge in [0.25, 0.3) is 0 Å². The van der Waals surface area contributed by atoms with Crippen LogP contribution < -0.4 is 0 Å². The maximum Gasteiger partial charge on any atom is 0.303 e. The first-order chi connectivity index (χ1) is 13.6. The molecule has 4 nitrogen and oxygen atoms in total. The molecule has 4 heteroatoms. The molecule has 1 aromatic carbocycles. The van der Waals surface area contributed by atoms with E-state index in [0.717, 1.165) is 70.6 Å². The van der Waals surface area contributed by atoms with E-state index in [4.69, 9.17) is 10.2 Å². The fraction of sp³-hybridized carbons (Fsp3) is 0.583. The van der Waals surface area contributed by atoms with Crippen molar-refractivity contribution in [1.29, 1.82) is 0 Å². The van der Waals surface area contributed by atoms with Crippen LogP contribution in [0.4, 0.5) is 0 Å². The Balaban J connectivity index is 2.26. The molecular formula is C24H36O4. The van der Waals surface area contributed by atoms with Crippen molar-refractivity contribution in [3.63, 3.8) is 0 Å². The van der Waals surface area contributed by atoms with Crippen molar-refractivity contribution < 1.29 is 19.8 Å². The van der Waals surface area contributed by atoms with E-state index < -0.39 is 11.9 Å². The zero-order chi connectivity index (χ0) is 20.5. The summed E-state index contributed by atoms with van der Waals surface area (Å²) in [6, 6.07) is 10.6. The number of aliphatic carboxylic acids is 2. The second kappa shape index (κ2) is 15.9. The van der Waals surface area contributed by atoms with Crippen molar-refractivity contribution >= 4 is 11.9 Å². The van der Waals surface area contributed by atoms with Gasteiger partial charge in [-0.2, -0.15) is 0 Å². The first-order valence-electron chi connectivity index (χ1n) is 10.7. The fourth-order valence-corrected chi connectivity index (χ4v) is 3.44. The summed E-state index contributed by atoms with van der Waals surface area (Å²) in [4.78, 5) is 21.0. The molecule has 0 saturated carbocycles. The molecule has 0 bridgehead atoms. The average molecular weight is 389 g/mol. The Bertz CT molecular complexity index is 565. The number of benzene rings is 1. The molecule has 0 saturated heterocycles. The smallest absolute Gasteiger partial charge is 0.303 e. The summed E-state index contributed by atoms with van der Waals surface area (Å²) < 4.78 is 0. The van der Waals surface area contributed by atoms with Gasteiger partial charge in [0.1, 0.15) is 0 Å². The molecule has 0 spiro atoms. The van der Waals surface area contributed by atoms with Gasteiger partial charge in [-0.05, 0) is 50.0 Å². The maximum absolute atomic E-state index is 10.6. The van der Waals surface area contributed by atoms with Gasteiger partial charge in [0.05, 0.1) is 0 Å². The molecule has 1 rings (SSSR count). The van der Waals surface area contributed by atoms with Crippen molar-refractivity contribution in [2.24, 2.45) is 0 Å². The quantitative estimate of drug-likeness (QED) is 0.234. The fourth-order valence-electron chi connectivity index (χ4n) is 3.44. The minimum absolute atomic E-state index is 0.279. The molecule has 0 aromatic heterocycles. The predicted octanol–water partition coefficient (Wildman–Crippen LogP) is 6.57. The van der Waals surface area contributed by atoms with E-state index in [1.54, 1.807) is 0 Å². The summed E-state index contributed by atoms with van der Waals surface area (Å²) in [5, 5.41) is 17.3. The third-order valence-electron chi connectivity index (χ3n) is 5.06. The Morgan fingerprint density at radius 3 is 1.93 bits per heavy atom. The molecule has 0 heterocycles. The van der Waals surface area contributed by atoms with E-state index in [1.807, 2.05) is 6.07 Å². The Labute approximate surface area is 169 Å². The van der Waals surface area contributed by atoms with Crippen LogP contribution in [0.1, 0.15) is 95.0 Å². The Hall–Kier alpha value is -2.10. The molecule has 28 heavy (non-hydrogen) atoms. The van der Waals surface area contributed by atoms with Crippen molar-refractivity contribution in [2.45, 2.75) is 89.4 Å². The molecule has 0 fully saturated rings. The highest BCUT2D eigenvalue weighted by atomic mass is 16.4. The number of carbonyl (C=O) groups is 2. The number of allylic oxidation sites excluding steroid dienone is 2. The van der Waals surface area contributed by atoms with Crippen LogP contribution in [0.2, 0.25) is 0 Å². The van der Waals surface area contributed by atoms with Gasteiger partial charge < -0.3 is 10.2 Å². The van der Waals surface area contributed by atoms with Crippen molar-refractivity contribution in [1.82, 2.24) is 0 Å². The Morgan fingerprint density at radius 2 is 1.32 bits per heavy atom. The van der Waals surface area contributed by atoms with E-state index in [2.05, 4.69) is 36.4 Å².